The van der Waals surface area contributed by atoms with Crippen LogP contribution in [0.4, 0.5) is 4.39 Å². The largest absolute Gasteiger partial charge is 0.492 e. The average molecular weight is 198 g/mol. The van der Waals surface area contributed by atoms with E-state index in [1.807, 2.05) is 0 Å². The molecule has 2 rings (SSSR count). The van der Waals surface area contributed by atoms with Gasteiger partial charge in [0.1, 0.15) is 17.7 Å². The minimum atomic E-state index is 0.0293. The molecule has 1 heterocycles. The maximum Gasteiger partial charge on any atom is 0.138 e. The molecule has 14 heavy (non-hydrogen) atoms. The predicted octanol–water partition coefficient (Wildman–Crippen LogP) is 3.95. The molecule has 1 fully saturated rings. The van der Waals surface area contributed by atoms with Crippen molar-refractivity contribution in [3.8, 4) is 0 Å². The molecule has 2 atom stereocenters. The van der Waals surface area contributed by atoms with E-state index in [-0.39, 0.29) is 5.83 Å². The Labute approximate surface area is 85.3 Å². The minimum Gasteiger partial charge on any atom is -0.492 e. The van der Waals surface area contributed by atoms with Gasteiger partial charge in [0.25, 0.3) is 0 Å². The molecule has 0 bridgehead atoms. The summed E-state index contributed by atoms with van der Waals surface area (Å²) in [5.41, 5.74) is 0. The Hall–Kier alpha value is -0.530. The van der Waals surface area contributed by atoms with Crippen molar-refractivity contribution in [1.29, 1.82) is 0 Å². The molecule has 0 spiro atoms. The van der Waals surface area contributed by atoms with E-state index in [1.54, 1.807) is 0 Å². The van der Waals surface area contributed by atoms with E-state index in [4.69, 9.17) is 4.74 Å². The first kappa shape index (κ1) is 10.0. The highest BCUT2D eigenvalue weighted by atomic mass is 19.1. The molecule has 1 saturated carbocycles. The van der Waals surface area contributed by atoms with Crippen molar-refractivity contribution in [3.05, 3.63) is 11.6 Å². The number of halogens is 1. The van der Waals surface area contributed by atoms with Gasteiger partial charge in [0, 0.05) is 18.8 Å². The van der Waals surface area contributed by atoms with Crippen LogP contribution in [0.1, 0.15) is 51.9 Å². The molecule has 0 saturated heterocycles. The van der Waals surface area contributed by atoms with Crippen LogP contribution in [-0.2, 0) is 4.74 Å². The predicted molar refractivity (Wildman–Crippen MR) is 54.5 cm³/mol. The van der Waals surface area contributed by atoms with Crippen LogP contribution in [0.15, 0.2) is 11.6 Å². The number of rotatable bonds is 3. The summed E-state index contributed by atoms with van der Waals surface area (Å²) in [7, 11) is 0. The van der Waals surface area contributed by atoms with Gasteiger partial charge in [-0.05, 0) is 25.7 Å². The lowest BCUT2D eigenvalue weighted by Crippen LogP contribution is -2.23. The minimum absolute atomic E-state index is 0.0293. The fraction of sp³-hybridized carbons (Fsp3) is 0.833. The number of fused-ring (bicyclic) bond motifs is 1. The van der Waals surface area contributed by atoms with E-state index >= 15 is 0 Å². The Morgan fingerprint density at radius 3 is 3.07 bits per heavy atom. The van der Waals surface area contributed by atoms with Crippen molar-refractivity contribution in [2.24, 2.45) is 5.92 Å². The summed E-state index contributed by atoms with van der Waals surface area (Å²) in [5, 5.41) is 0. The summed E-state index contributed by atoms with van der Waals surface area (Å²) in [6.07, 6.45) is 7.42. The van der Waals surface area contributed by atoms with E-state index < -0.39 is 0 Å². The topological polar surface area (TPSA) is 9.23 Å². The first-order valence-corrected chi connectivity index (χ1v) is 5.85. The van der Waals surface area contributed by atoms with E-state index in [1.165, 1.54) is 6.42 Å². The van der Waals surface area contributed by atoms with Gasteiger partial charge in [-0.25, -0.2) is 4.39 Å². The highest BCUT2D eigenvalue weighted by Gasteiger charge is 2.35. The smallest absolute Gasteiger partial charge is 0.138 e. The quantitative estimate of drug-likeness (QED) is 0.667. The van der Waals surface area contributed by atoms with Crippen molar-refractivity contribution < 1.29 is 9.13 Å². The fourth-order valence-corrected chi connectivity index (χ4v) is 2.51. The second kappa shape index (κ2) is 4.33. The molecule has 2 heteroatoms. The Balaban J connectivity index is 1.98. The molecule has 0 aromatic heterocycles. The molecule has 0 aromatic carbocycles. The lowest BCUT2D eigenvalue weighted by atomic mass is 9.97. The van der Waals surface area contributed by atoms with Crippen molar-refractivity contribution >= 4 is 0 Å². The van der Waals surface area contributed by atoms with E-state index in [0.717, 1.165) is 32.1 Å². The van der Waals surface area contributed by atoms with Crippen LogP contribution < -0.4 is 0 Å². The van der Waals surface area contributed by atoms with Crippen LogP contribution in [0.25, 0.3) is 0 Å². The lowest BCUT2D eigenvalue weighted by Gasteiger charge is -2.28. The normalized spacial score (nSPS) is 31.6. The van der Waals surface area contributed by atoms with Gasteiger partial charge >= 0.3 is 0 Å². The lowest BCUT2D eigenvalue weighted by molar-refractivity contribution is 0.0473. The number of hydrogen-bond donors (Lipinski definition) is 0. The molecule has 0 unspecified atom stereocenters. The third-order valence-electron chi connectivity index (χ3n) is 3.38. The second-order valence-electron chi connectivity index (χ2n) is 4.48. The standard InChI is InChI=1S/C12H19FO/c1-2-3-6-12-10(13)8-9-5-4-7-11(9)14-12/h9,11H,2-8H2,1H3/t9-,11+/m1/s1. The number of hydrogen-bond acceptors (Lipinski definition) is 1. The molecular weight excluding hydrogens is 179 g/mol. The zero-order valence-electron chi connectivity index (χ0n) is 8.89. The molecule has 2 aliphatic rings. The van der Waals surface area contributed by atoms with Crippen molar-refractivity contribution in [1.82, 2.24) is 0 Å². The Morgan fingerprint density at radius 1 is 1.43 bits per heavy atom. The van der Waals surface area contributed by atoms with Gasteiger partial charge in [-0.1, -0.05) is 13.3 Å². The van der Waals surface area contributed by atoms with Gasteiger partial charge in [-0.2, -0.15) is 0 Å². The SMILES string of the molecule is CCCCC1=C(F)C[C@H]2CCC[C@@H]2O1. The number of unbranched alkanes of at least 4 members (excludes halogenated alkanes) is 1. The first-order valence-electron chi connectivity index (χ1n) is 5.85. The van der Waals surface area contributed by atoms with Gasteiger partial charge < -0.3 is 4.74 Å². The Kier molecular flexibility index (Phi) is 3.09. The van der Waals surface area contributed by atoms with E-state index in [9.17, 15) is 4.39 Å². The summed E-state index contributed by atoms with van der Waals surface area (Å²) in [4.78, 5) is 0. The van der Waals surface area contributed by atoms with Crippen molar-refractivity contribution in [2.75, 3.05) is 0 Å². The number of ether oxygens (including phenoxy) is 1. The summed E-state index contributed by atoms with van der Waals surface area (Å²) in [6.45, 7) is 2.12. The highest BCUT2D eigenvalue weighted by Crippen LogP contribution is 2.40. The molecule has 0 aromatic rings. The monoisotopic (exact) mass is 198 g/mol. The summed E-state index contributed by atoms with van der Waals surface area (Å²) >= 11 is 0. The molecule has 1 aliphatic carbocycles. The zero-order valence-corrected chi connectivity index (χ0v) is 8.89. The average Bonchev–Trinajstić information content (AvgIpc) is 2.61. The molecule has 80 valence electrons. The Bertz CT molecular complexity index is 234. The van der Waals surface area contributed by atoms with E-state index in [0.29, 0.717) is 24.2 Å². The van der Waals surface area contributed by atoms with Crippen LogP contribution in [0.5, 0.6) is 0 Å². The van der Waals surface area contributed by atoms with Crippen molar-refractivity contribution in [2.45, 2.75) is 58.0 Å². The van der Waals surface area contributed by atoms with Crippen LogP contribution in [-0.4, -0.2) is 6.10 Å². The van der Waals surface area contributed by atoms with Gasteiger partial charge in [-0.15, -0.1) is 0 Å². The van der Waals surface area contributed by atoms with Crippen LogP contribution >= 0.6 is 0 Å². The van der Waals surface area contributed by atoms with E-state index in [2.05, 4.69) is 6.92 Å². The maximum absolute atomic E-state index is 13.6. The van der Waals surface area contributed by atoms with Gasteiger partial charge in [0.15, 0.2) is 0 Å². The molecule has 1 nitrogen and oxygen atoms in total. The van der Waals surface area contributed by atoms with Crippen LogP contribution in [0.3, 0.4) is 0 Å². The highest BCUT2D eigenvalue weighted by molar-refractivity contribution is 5.08. The zero-order chi connectivity index (χ0) is 9.97. The summed E-state index contributed by atoms with van der Waals surface area (Å²) in [5.74, 6) is 1.16. The molecule has 0 N–H and O–H groups in total. The molecule has 0 radical (unpaired) electrons. The van der Waals surface area contributed by atoms with Gasteiger partial charge in [0.05, 0.1) is 0 Å². The van der Waals surface area contributed by atoms with Crippen LogP contribution in [0.2, 0.25) is 0 Å². The number of allylic oxidation sites excluding steroid dienone is 2. The summed E-state index contributed by atoms with van der Waals surface area (Å²) in [6, 6.07) is 0. The molecular formula is C12H19FO. The van der Waals surface area contributed by atoms with Crippen LogP contribution in [0, 0.1) is 5.92 Å². The fourth-order valence-electron chi connectivity index (χ4n) is 2.51. The maximum atomic E-state index is 13.6. The molecule has 1 aliphatic heterocycles. The third kappa shape index (κ3) is 1.94. The van der Waals surface area contributed by atoms with Crippen molar-refractivity contribution in [3.63, 3.8) is 0 Å². The van der Waals surface area contributed by atoms with Gasteiger partial charge in [0.2, 0.25) is 0 Å². The summed E-state index contributed by atoms with van der Waals surface area (Å²) < 4.78 is 19.3. The second-order valence-corrected chi connectivity index (χ2v) is 4.48. The van der Waals surface area contributed by atoms with Gasteiger partial charge in [-0.3, -0.25) is 0 Å². The Morgan fingerprint density at radius 2 is 2.29 bits per heavy atom. The third-order valence-corrected chi connectivity index (χ3v) is 3.38. The first-order chi connectivity index (χ1) is 6.81. The molecule has 0 amide bonds.